The van der Waals surface area contributed by atoms with E-state index in [4.69, 9.17) is 10.2 Å². The maximum Gasteiger partial charge on any atom is 0.247 e. The van der Waals surface area contributed by atoms with Gasteiger partial charge in [0.2, 0.25) is 18.2 Å². The molecule has 0 saturated carbocycles. The van der Waals surface area contributed by atoms with E-state index in [-0.39, 0.29) is 11.8 Å². The zero-order valence-electron chi connectivity index (χ0n) is 10.8. The molecule has 2 rings (SSSR count). The number of amides is 1. The summed E-state index contributed by atoms with van der Waals surface area (Å²) in [5.74, 6) is 0.343. The van der Waals surface area contributed by atoms with Crippen molar-refractivity contribution in [3.8, 4) is 11.5 Å². The molecule has 6 heteroatoms. The van der Waals surface area contributed by atoms with Gasteiger partial charge >= 0.3 is 0 Å². The highest BCUT2D eigenvalue weighted by Gasteiger charge is 2.17. The SMILES string of the molecule is CC(C)[C@@H](N)C(=O)Nc1ccc(-c2nnco2)cc1. The molecule has 3 N–H and O–H groups in total. The molecule has 100 valence electrons. The van der Waals surface area contributed by atoms with Gasteiger partial charge in [0, 0.05) is 11.3 Å². The van der Waals surface area contributed by atoms with E-state index in [0.717, 1.165) is 5.56 Å². The Morgan fingerprint density at radius 1 is 1.32 bits per heavy atom. The Balaban J connectivity index is 2.05. The number of benzene rings is 1. The number of nitrogens with two attached hydrogens (primary N) is 1. The topological polar surface area (TPSA) is 94.0 Å². The van der Waals surface area contributed by atoms with E-state index < -0.39 is 6.04 Å². The Labute approximate surface area is 111 Å². The predicted molar refractivity (Wildman–Crippen MR) is 71.2 cm³/mol. The molecule has 0 radical (unpaired) electrons. The second-order valence-corrected chi connectivity index (χ2v) is 4.58. The molecule has 1 aromatic heterocycles. The van der Waals surface area contributed by atoms with Crippen molar-refractivity contribution >= 4 is 11.6 Å². The summed E-state index contributed by atoms with van der Waals surface area (Å²) in [7, 11) is 0. The van der Waals surface area contributed by atoms with E-state index in [1.807, 2.05) is 13.8 Å². The van der Waals surface area contributed by atoms with Crippen molar-refractivity contribution in [3.63, 3.8) is 0 Å². The highest BCUT2D eigenvalue weighted by Crippen LogP contribution is 2.19. The number of aromatic nitrogens is 2. The van der Waals surface area contributed by atoms with Crippen LogP contribution in [0.15, 0.2) is 35.1 Å². The summed E-state index contributed by atoms with van der Waals surface area (Å²) < 4.78 is 5.08. The van der Waals surface area contributed by atoms with E-state index >= 15 is 0 Å². The molecule has 0 bridgehead atoms. The largest absolute Gasteiger partial charge is 0.423 e. The quantitative estimate of drug-likeness (QED) is 0.871. The molecule has 0 spiro atoms. The zero-order valence-corrected chi connectivity index (χ0v) is 10.8. The molecule has 0 saturated heterocycles. The number of nitrogens with one attached hydrogen (secondary N) is 1. The highest BCUT2D eigenvalue weighted by atomic mass is 16.4. The molecule has 2 aromatic rings. The van der Waals surface area contributed by atoms with E-state index in [1.54, 1.807) is 24.3 Å². The third-order valence-electron chi connectivity index (χ3n) is 2.78. The number of rotatable bonds is 4. The Morgan fingerprint density at radius 3 is 2.53 bits per heavy atom. The molecule has 0 aliphatic rings. The van der Waals surface area contributed by atoms with Crippen LogP contribution < -0.4 is 11.1 Å². The minimum atomic E-state index is -0.518. The van der Waals surface area contributed by atoms with E-state index in [1.165, 1.54) is 6.39 Å². The summed E-state index contributed by atoms with van der Waals surface area (Å²) in [5, 5.41) is 10.2. The maximum atomic E-state index is 11.8. The molecular formula is C13H16N4O2. The van der Waals surface area contributed by atoms with Crippen molar-refractivity contribution in [2.45, 2.75) is 19.9 Å². The zero-order chi connectivity index (χ0) is 13.8. The van der Waals surface area contributed by atoms with Gasteiger partial charge in [0.05, 0.1) is 6.04 Å². The third-order valence-corrected chi connectivity index (χ3v) is 2.78. The van der Waals surface area contributed by atoms with Crippen molar-refractivity contribution < 1.29 is 9.21 Å². The number of hydrogen-bond acceptors (Lipinski definition) is 5. The molecule has 0 aliphatic heterocycles. The fourth-order valence-electron chi connectivity index (χ4n) is 1.52. The van der Waals surface area contributed by atoms with Gasteiger partial charge in [-0.05, 0) is 30.2 Å². The summed E-state index contributed by atoms with van der Waals surface area (Å²) in [5.41, 5.74) is 7.25. The number of hydrogen-bond donors (Lipinski definition) is 2. The van der Waals surface area contributed by atoms with E-state index in [2.05, 4.69) is 15.5 Å². The summed E-state index contributed by atoms with van der Waals surface area (Å²) in [6.07, 6.45) is 1.27. The Kier molecular flexibility index (Phi) is 3.91. The van der Waals surface area contributed by atoms with Crippen LogP contribution in [0.4, 0.5) is 5.69 Å². The van der Waals surface area contributed by atoms with Crippen LogP contribution in [-0.2, 0) is 4.79 Å². The van der Waals surface area contributed by atoms with Gasteiger partial charge in [0.1, 0.15) is 0 Å². The first kappa shape index (κ1) is 13.2. The summed E-state index contributed by atoms with van der Waals surface area (Å²) in [6.45, 7) is 3.81. The van der Waals surface area contributed by atoms with Gasteiger partial charge in [0.25, 0.3) is 0 Å². The number of anilines is 1. The second kappa shape index (κ2) is 5.62. The average Bonchev–Trinajstić information content (AvgIpc) is 2.92. The number of carbonyl (C=O) groups is 1. The smallest absolute Gasteiger partial charge is 0.247 e. The van der Waals surface area contributed by atoms with Crippen LogP contribution in [0.5, 0.6) is 0 Å². The lowest BCUT2D eigenvalue weighted by atomic mass is 10.0. The molecule has 0 fully saturated rings. The van der Waals surface area contributed by atoms with Gasteiger partial charge in [0.15, 0.2) is 0 Å². The molecule has 0 aliphatic carbocycles. The normalized spacial score (nSPS) is 12.4. The van der Waals surface area contributed by atoms with Crippen LogP contribution in [-0.4, -0.2) is 22.1 Å². The number of carbonyl (C=O) groups excluding carboxylic acids is 1. The highest BCUT2D eigenvalue weighted by molar-refractivity contribution is 5.94. The maximum absolute atomic E-state index is 11.8. The molecule has 1 heterocycles. The van der Waals surface area contributed by atoms with E-state index in [9.17, 15) is 4.79 Å². The summed E-state index contributed by atoms with van der Waals surface area (Å²) in [6, 6.07) is 6.61. The van der Waals surface area contributed by atoms with Crippen LogP contribution in [0.3, 0.4) is 0 Å². The van der Waals surface area contributed by atoms with Gasteiger partial charge < -0.3 is 15.5 Å². The minimum Gasteiger partial charge on any atom is -0.423 e. The second-order valence-electron chi connectivity index (χ2n) is 4.58. The van der Waals surface area contributed by atoms with Crippen molar-refractivity contribution in [3.05, 3.63) is 30.7 Å². The summed E-state index contributed by atoms with van der Waals surface area (Å²) >= 11 is 0. The van der Waals surface area contributed by atoms with Gasteiger partial charge in [-0.3, -0.25) is 4.79 Å². The van der Waals surface area contributed by atoms with Crippen LogP contribution in [0.1, 0.15) is 13.8 Å². The van der Waals surface area contributed by atoms with Crippen molar-refractivity contribution in [1.82, 2.24) is 10.2 Å². The summed E-state index contributed by atoms with van der Waals surface area (Å²) in [4.78, 5) is 11.8. The molecule has 6 nitrogen and oxygen atoms in total. The van der Waals surface area contributed by atoms with Crippen LogP contribution in [0.2, 0.25) is 0 Å². The van der Waals surface area contributed by atoms with Gasteiger partial charge in [-0.25, -0.2) is 0 Å². The molecule has 19 heavy (non-hydrogen) atoms. The van der Waals surface area contributed by atoms with E-state index in [0.29, 0.717) is 11.6 Å². The molecular weight excluding hydrogens is 244 g/mol. The fraction of sp³-hybridized carbons (Fsp3) is 0.308. The molecule has 1 atom stereocenters. The van der Waals surface area contributed by atoms with Crippen LogP contribution >= 0.6 is 0 Å². The van der Waals surface area contributed by atoms with Crippen molar-refractivity contribution in [2.75, 3.05) is 5.32 Å². The van der Waals surface area contributed by atoms with Crippen molar-refractivity contribution in [1.29, 1.82) is 0 Å². The first-order valence-corrected chi connectivity index (χ1v) is 6.01. The lowest BCUT2D eigenvalue weighted by Crippen LogP contribution is -2.39. The van der Waals surface area contributed by atoms with Crippen molar-refractivity contribution in [2.24, 2.45) is 11.7 Å². The minimum absolute atomic E-state index is 0.0951. The Bertz CT molecular complexity index is 534. The van der Waals surface area contributed by atoms with Gasteiger partial charge in [-0.1, -0.05) is 13.8 Å². The average molecular weight is 260 g/mol. The molecule has 1 aromatic carbocycles. The molecule has 0 unspecified atom stereocenters. The fourth-order valence-corrected chi connectivity index (χ4v) is 1.52. The Hall–Kier alpha value is -2.21. The number of nitrogens with zero attached hydrogens (tertiary/aromatic N) is 2. The predicted octanol–water partition coefficient (Wildman–Crippen LogP) is 1.66. The van der Waals surface area contributed by atoms with Gasteiger partial charge in [-0.15, -0.1) is 10.2 Å². The van der Waals surface area contributed by atoms with Crippen LogP contribution in [0.25, 0.3) is 11.5 Å². The Morgan fingerprint density at radius 2 is 2.00 bits per heavy atom. The lowest BCUT2D eigenvalue weighted by molar-refractivity contribution is -0.118. The first-order chi connectivity index (χ1) is 9.08. The lowest BCUT2D eigenvalue weighted by Gasteiger charge is -2.15. The third kappa shape index (κ3) is 3.17. The van der Waals surface area contributed by atoms with Gasteiger partial charge in [-0.2, -0.15) is 0 Å². The first-order valence-electron chi connectivity index (χ1n) is 6.01. The standard InChI is InChI=1S/C13H16N4O2/c1-8(2)11(14)12(18)16-10-5-3-9(4-6-10)13-17-15-7-19-13/h3-8,11H,14H2,1-2H3,(H,16,18)/t11-/m1/s1. The monoisotopic (exact) mass is 260 g/mol. The molecule has 1 amide bonds. The van der Waals surface area contributed by atoms with Crippen LogP contribution in [0, 0.1) is 5.92 Å².